The highest BCUT2D eigenvalue weighted by Gasteiger charge is 2.77. The molecule has 5 atom stereocenters. The Morgan fingerprint density at radius 2 is 1.90 bits per heavy atom. The summed E-state index contributed by atoms with van der Waals surface area (Å²) < 4.78 is 17.6. The number of aliphatic hydroxyl groups excluding tert-OH is 1. The number of hydrogen-bond acceptors (Lipinski definition) is 8. The largest absolute Gasteiger partial charge is 0.475 e. The molecule has 2 bridgehead atoms. The van der Waals surface area contributed by atoms with E-state index in [0.717, 1.165) is 0 Å². The summed E-state index contributed by atoms with van der Waals surface area (Å²) in [6.45, 7) is 1.81. The number of rotatable bonds is 5. The van der Waals surface area contributed by atoms with Crippen molar-refractivity contribution < 1.29 is 28.7 Å². The molecule has 0 spiro atoms. The van der Waals surface area contributed by atoms with Gasteiger partial charge < -0.3 is 19.1 Å². The van der Waals surface area contributed by atoms with E-state index in [1.54, 1.807) is 55.5 Å². The van der Waals surface area contributed by atoms with Crippen molar-refractivity contribution >= 4 is 50.8 Å². The molecule has 10 heteroatoms. The van der Waals surface area contributed by atoms with Gasteiger partial charge in [-0.1, -0.05) is 35.9 Å². The van der Waals surface area contributed by atoms with E-state index in [1.165, 1.54) is 4.90 Å². The number of aliphatic hydroxyl groups is 1. The summed E-state index contributed by atoms with van der Waals surface area (Å²) in [5.74, 6) is -2.18. The Balaban J connectivity index is 1.23. The van der Waals surface area contributed by atoms with Gasteiger partial charge in [0.05, 0.1) is 52.9 Å². The quantitative estimate of drug-likeness (QED) is 0.368. The van der Waals surface area contributed by atoms with Crippen LogP contribution in [0.4, 0.5) is 5.69 Å². The number of nitriles is 1. The number of fused-ring (bicyclic) bond motifs is 7. The first-order valence-electron chi connectivity index (χ1n) is 12.6. The molecule has 1 N–H and O–H groups in total. The molecule has 3 aromatic carbocycles. The standard InChI is InChI=1S/C29H22ClN3O6/c1-28-22(34)13-29(39-28,10-11-37-25-19-12-16(30)7-9-21(19)38-32-25)24-23(28)26(35)33(27(24)36)20-8-6-15(14-31)17-4-2-3-5-18(17)20/h2-9,12,22-24,34H,10-11,13H2,1H3. The van der Waals surface area contributed by atoms with Crippen molar-refractivity contribution in [3.63, 3.8) is 0 Å². The highest BCUT2D eigenvalue weighted by molar-refractivity contribution is 6.31. The summed E-state index contributed by atoms with van der Waals surface area (Å²) in [6, 6.07) is 17.7. The predicted molar refractivity (Wildman–Crippen MR) is 140 cm³/mol. The molecule has 4 aromatic rings. The van der Waals surface area contributed by atoms with Crippen molar-refractivity contribution in [2.75, 3.05) is 11.5 Å². The molecule has 3 aliphatic heterocycles. The van der Waals surface area contributed by atoms with E-state index in [9.17, 15) is 20.0 Å². The van der Waals surface area contributed by atoms with Crippen molar-refractivity contribution in [2.24, 2.45) is 11.8 Å². The molecule has 2 amide bonds. The van der Waals surface area contributed by atoms with Gasteiger partial charge in [-0.2, -0.15) is 5.26 Å². The Morgan fingerprint density at radius 3 is 2.69 bits per heavy atom. The zero-order chi connectivity index (χ0) is 27.1. The summed E-state index contributed by atoms with van der Waals surface area (Å²) in [7, 11) is 0. The molecule has 3 saturated heterocycles. The second kappa shape index (κ2) is 8.26. The zero-order valence-corrected chi connectivity index (χ0v) is 21.5. The fourth-order valence-corrected chi connectivity index (χ4v) is 6.92. The maximum absolute atomic E-state index is 14.0. The molecule has 0 aliphatic carbocycles. The number of halogens is 1. The Hall–Kier alpha value is -3.97. The van der Waals surface area contributed by atoms with Crippen LogP contribution in [0.5, 0.6) is 5.88 Å². The number of hydrogen-bond donors (Lipinski definition) is 1. The predicted octanol–water partition coefficient (Wildman–Crippen LogP) is 4.37. The van der Waals surface area contributed by atoms with Crippen LogP contribution in [0.2, 0.25) is 5.02 Å². The van der Waals surface area contributed by atoms with Crippen LogP contribution in [0.15, 0.2) is 59.1 Å². The fourth-order valence-electron chi connectivity index (χ4n) is 6.75. The smallest absolute Gasteiger partial charge is 0.262 e. The lowest BCUT2D eigenvalue weighted by atomic mass is 9.66. The minimum Gasteiger partial charge on any atom is -0.475 e. The molecule has 4 heterocycles. The zero-order valence-electron chi connectivity index (χ0n) is 20.8. The van der Waals surface area contributed by atoms with Crippen LogP contribution in [-0.2, 0) is 14.3 Å². The van der Waals surface area contributed by atoms with Crippen LogP contribution in [0.25, 0.3) is 21.7 Å². The van der Waals surface area contributed by atoms with Crippen LogP contribution in [0, 0.1) is 23.2 Å². The summed E-state index contributed by atoms with van der Waals surface area (Å²) in [5, 5.41) is 27.0. The van der Waals surface area contributed by atoms with Gasteiger partial charge in [-0.25, -0.2) is 4.90 Å². The number of aromatic nitrogens is 1. The Bertz CT molecular complexity index is 1750. The monoisotopic (exact) mass is 543 g/mol. The van der Waals surface area contributed by atoms with E-state index in [0.29, 0.717) is 38.0 Å². The topological polar surface area (TPSA) is 126 Å². The van der Waals surface area contributed by atoms with Gasteiger partial charge in [0, 0.05) is 28.6 Å². The summed E-state index contributed by atoms with van der Waals surface area (Å²) in [6.07, 6.45) is -0.489. The first-order valence-corrected chi connectivity index (χ1v) is 13.0. The highest BCUT2D eigenvalue weighted by Crippen LogP contribution is 2.62. The molecule has 39 heavy (non-hydrogen) atoms. The molecule has 1 aromatic heterocycles. The number of benzene rings is 3. The van der Waals surface area contributed by atoms with E-state index < -0.39 is 35.0 Å². The Labute approximate surface area is 227 Å². The van der Waals surface area contributed by atoms with Gasteiger partial charge >= 0.3 is 0 Å². The number of amides is 2. The van der Waals surface area contributed by atoms with E-state index in [-0.39, 0.29) is 31.2 Å². The Kier molecular flexibility index (Phi) is 5.11. The third kappa shape index (κ3) is 3.23. The van der Waals surface area contributed by atoms with Crippen LogP contribution in [0.3, 0.4) is 0 Å². The third-order valence-electron chi connectivity index (χ3n) is 8.54. The number of carbonyl (C=O) groups is 2. The van der Waals surface area contributed by atoms with Crippen LogP contribution >= 0.6 is 11.6 Å². The van der Waals surface area contributed by atoms with Gasteiger partial charge in [0.25, 0.3) is 5.88 Å². The van der Waals surface area contributed by atoms with Gasteiger partial charge in [0.1, 0.15) is 5.60 Å². The molecule has 9 nitrogen and oxygen atoms in total. The minimum absolute atomic E-state index is 0.113. The highest BCUT2D eigenvalue weighted by atomic mass is 35.5. The third-order valence-corrected chi connectivity index (χ3v) is 8.77. The van der Waals surface area contributed by atoms with E-state index in [1.807, 2.05) is 6.07 Å². The first kappa shape index (κ1) is 24.1. The molecule has 0 saturated carbocycles. The van der Waals surface area contributed by atoms with E-state index in [2.05, 4.69) is 11.2 Å². The maximum Gasteiger partial charge on any atom is 0.262 e. The van der Waals surface area contributed by atoms with Crippen molar-refractivity contribution in [3.8, 4) is 11.9 Å². The second-order valence-corrected chi connectivity index (χ2v) is 11.0. The molecular formula is C29H22ClN3O6. The van der Waals surface area contributed by atoms with Crippen molar-refractivity contribution in [1.29, 1.82) is 5.26 Å². The lowest BCUT2D eigenvalue weighted by Gasteiger charge is -2.33. The second-order valence-electron chi connectivity index (χ2n) is 10.6. The van der Waals surface area contributed by atoms with E-state index >= 15 is 0 Å². The summed E-state index contributed by atoms with van der Waals surface area (Å²) in [4.78, 5) is 29.1. The average Bonchev–Trinajstić information content (AvgIpc) is 3.60. The molecule has 7 rings (SSSR count). The molecule has 3 aliphatic rings. The molecule has 3 fully saturated rings. The van der Waals surface area contributed by atoms with Gasteiger partial charge in [-0.3, -0.25) is 9.59 Å². The number of anilines is 1. The number of carbonyl (C=O) groups excluding carboxylic acids is 2. The maximum atomic E-state index is 14.0. The van der Waals surface area contributed by atoms with Crippen molar-refractivity contribution in [2.45, 2.75) is 37.1 Å². The number of ether oxygens (including phenoxy) is 2. The van der Waals surface area contributed by atoms with Crippen LogP contribution in [0.1, 0.15) is 25.3 Å². The molecule has 196 valence electrons. The fraction of sp³-hybridized carbons (Fsp3) is 0.310. The van der Waals surface area contributed by atoms with Crippen molar-refractivity contribution in [3.05, 3.63) is 65.2 Å². The molecule has 5 unspecified atom stereocenters. The van der Waals surface area contributed by atoms with Gasteiger partial charge in [-0.05, 0) is 42.4 Å². The summed E-state index contributed by atoms with van der Waals surface area (Å²) >= 11 is 6.11. The molecule has 0 radical (unpaired) electrons. The Morgan fingerprint density at radius 1 is 1.13 bits per heavy atom. The lowest BCUT2D eigenvalue weighted by Crippen LogP contribution is -2.49. The number of nitrogens with zero attached hydrogens (tertiary/aromatic N) is 3. The van der Waals surface area contributed by atoms with Crippen LogP contribution < -0.4 is 9.64 Å². The lowest BCUT2D eigenvalue weighted by molar-refractivity contribution is -0.134. The van der Waals surface area contributed by atoms with Gasteiger partial charge in [0.15, 0.2) is 5.58 Å². The minimum atomic E-state index is -1.22. The first-order chi connectivity index (χ1) is 18.8. The van der Waals surface area contributed by atoms with Crippen LogP contribution in [-0.4, -0.2) is 46.0 Å². The van der Waals surface area contributed by atoms with Crippen molar-refractivity contribution in [1.82, 2.24) is 5.16 Å². The molecular weight excluding hydrogens is 522 g/mol. The van der Waals surface area contributed by atoms with Gasteiger partial charge in [-0.15, -0.1) is 0 Å². The van der Waals surface area contributed by atoms with E-state index in [4.69, 9.17) is 25.6 Å². The summed E-state index contributed by atoms with van der Waals surface area (Å²) in [5.41, 5.74) is -0.920. The van der Waals surface area contributed by atoms with Gasteiger partial charge in [0.2, 0.25) is 11.8 Å². The SMILES string of the molecule is CC12OC(CCOc3noc4ccc(Cl)cc34)(CC1O)C1C(=O)N(c3ccc(C#N)c4ccccc34)C(=O)C12. The normalized spacial score (nSPS) is 29.4. The average molecular weight is 544 g/mol. The number of imide groups is 1.